The summed E-state index contributed by atoms with van der Waals surface area (Å²) in [5, 5.41) is 73.0. The van der Waals surface area contributed by atoms with Crippen LogP contribution in [0, 0.1) is 174 Å². The molecule has 18 saturated carbocycles. The van der Waals surface area contributed by atoms with E-state index >= 15 is 0 Å². The molecule has 0 amide bonds. The Morgan fingerprint density at radius 2 is 0.653 bits per heavy atom. The average Bonchev–Trinajstić information content (AvgIpc) is 0.789. The van der Waals surface area contributed by atoms with Crippen LogP contribution in [0.1, 0.15) is 293 Å². The first-order valence-electron chi connectivity index (χ1n) is 53.0. The molecule has 18 aliphatic rings. The topological polar surface area (TPSA) is 486 Å². The van der Waals surface area contributed by atoms with Crippen molar-refractivity contribution in [3.8, 4) is 57.3 Å². The van der Waals surface area contributed by atoms with Crippen LogP contribution in [0.2, 0.25) is 10.0 Å². The quantitative estimate of drug-likeness (QED) is 0.00932. The number of nitrogens with zero attached hydrogens (tertiary/aromatic N) is 15. The van der Waals surface area contributed by atoms with Crippen molar-refractivity contribution in [3.05, 3.63) is 222 Å². The van der Waals surface area contributed by atoms with E-state index in [2.05, 4.69) is 86.2 Å². The molecule has 796 valence electrons. The summed E-state index contributed by atoms with van der Waals surface area (Å²) in [6.45, 7) is 10.4. The first-order chi connectivity index (χ1) is 71.9. The Hall–Kier alpha value is -10.7. The Kier molecular flexibility index (Phi) is 35.9. The number of carbonyl (C=O) groups is 2. The predicted octanol–water partition coefficient (Wildman–Crippen LogP) is 28.2. The number of benzene rings is 6. The summed E-state index contributed by atoms with van der Waals surface area (Å²) < 4.78 is 26.0. The van der Waals surface area contributed by atoms with Gasteiger partial charge < -0.3 is 39.3 Å². The van der Waals surface area contributed by atoms with Crippen molar-refractivity contribution in [2.24, 2.45) is 109 Å². The van der Waals surface area contributed by atoms with Gasteiger partial charge in [0.05, 0.1) is 19.7 Å². The zero-order chi connectivity index (χ0) is 106. The monoisotopic (exact) mass is 2250 g/mol. The number of oxime groups is 1. The molecule has 39 heteroatoms. The molecule has 0 spiro atoms. The molecule has 0 unspecified atom stereocenters. The molecule has 18 fully saturated rings. The molecule has 18 aliphatic carbocycles. The third-order valence-corrected chi connectivity index (χ3v) is 34.9. The van der Waals surface area contributed by atoms with E-state index in [1.165, 1.54) is 242 Å². The van der Waals surface area contributed by atoms with Crippen molar-refractivity contribution < 1.29 is 57.1 Å². The number of ketones is 1. The van der Waals surface area contributed by atoms with Gasteiger partial charge in [0, 0.05) is 87.3 Å². The van der Waals surface area contributed by atoms with Crippen molar-refractivity contribution in [2.75, 3.05) is 5.73 Å². The second-order valence-electron chi connectivity index (χ2n) is 45.9. The average molecular weight is 2260 g/mol. The van der Waals surface area contributed by atoms with E-state index in [1.807, 2.05) is 44.2 Å². The third-order valence-electron chi connectivity index (χ3n) is 34.0. The van der Waals surface area contributed by atoms with Crippen molar-refractivity contribution in [1.29, 1.82) is 0 Å². The molecule has 16 bridgehead atoms. The number of nitrogens with two attached hydrogens (primary N) is 2. The van der Waals surface area contributed by atoms with E-state index in [-0.39, 0.29) is 70.8 Å². The first kappa shape index (κ1) is 110. The summed E-state index contributed by atoms with van der Waals surface area (Å²) in [4.78, 5) is 85.0. The van der Waals surface area contributed by atoms with E-state index in [0.29, 0.717) is 80.2 Å². The van der Waals surface area contributed by atoms with Crippen molar-refractivity contribution >= 4 is 117 Å². The number of Topliss-reactive ketones (excluding diaryl/α,β-unsaturated/α-hetero) is 1. The standard InChI is InChI=1S/C27H36N2O.2C20H23N3O3.C20H25N3O.C9H6ClN3O3.C7H3Cl2NO3.C6H10O.C2H6N2O.2ClH.Sn/c1-18-28-26(30-29-18)23-7-8-24(25(13-23)12-19-5-3-2-4-6-19)17-27-14-20-9-21(15-27)11-22(10-20)16-27;2*1-12-21-19(26-22-12)16-2-3-17(18(7-16)23(24)25)11-20-8-13-4-14(9-20)6-15(5-13)10-20;1-12-22-19(24-23-12)16-2-3-17(18(21)7-16)11-20-8-13-4-14(9-20)6-15(5-13)10-20;1-5-11-9(16-12-5)6-2-3-7(10)8(4-6)13(14)15;8-5-2-1-4(7(9)11)3-6(5)10(12)13;7-6-4-2-1-3-5-6;1-2(3)4-5;;;/h7-8,13,19-22H,2-6,9-12,14-17H2,1H3;2*2-3,7,13-15H,4-6,8-11H2,1H3;2-3,7,13-15H,4-6,8-11,21H2,1H3;2-4H,1H3;1-3H;1-5H2;5H,1H3,(H2,3,4);2*1H;/q;;;;;;;;;;+2/p-2. The zero-order valence-corrected chi connectivity index (χ0v) is 92.4. The summed E-state index contributed by atoms with van der Waals surface area (Å²) in [6.07, 6.45) is 51.3. The van der Waals surface area contributed by atoms with Crippen LogP contribution in [-0.2, 0) is 36.9 Å². The Morgan fingerprint density at radius 1 is 0.393 bits per heavy atom. The number of nitrogen functional groups attached to an aromatic ring is 1. The van der Waals surface area contributed by atoms with Crippen LogP contribution in [0.5, 0.6) is 0 Å². The van der Waals surface area contributed by atoms with Gasteiger partial charge >= 0.3 is 36.7 Å². The number of rotatable bonds is 20. The molecule has 33 nitrogen and oxygen atoms in total. The number of nitro groups is 4. The van der Waals surface area contributed by atoms with Crippen LogP contribution >= 0.6 is 52.6 Å². The fourth-order valence-electron chi connectivity index (χ4n) is 30.0. The van der Waals surface area contributed by atoms with Crippen LogP contribution in [0.3, 0.4) is 0 Å². The predicted molar refractivity (Wildman–Crippen MR) is 572 cm³/mol. The molecular formula is C111H132Cl5N17O16Sn. The fraction of sp³-hybridized carbons (Fsp3) is 0.559. The molecule has 11 aromatic rings. The van der Waals surface area contributed by atoms with Crippen molar-refractivity contribution in [2.45, 2.75) is 292 Å². The summed E-state index contributed by atoms with van der Waals surface area (Å²) >= 11 is 15.5. The molecule has 0 atom stereocenters. The van der Waals surface area contributed by atoms with Crippen LogP contribution in [0.25, 0.3) is 57.3 Å². The van der Waals surface area contributed by atoms with Crippen molar-refractivity contribution in [3.63, 3.8) is 0 Å². The number of amidine groups is 1. The Morgan fingerprint density at radius 3 is 0.933 bits per heavy atom. The third kappa shape index (κ3) is 27.9. The molecule has 5 N–H and O–H groups in total. The minimum atomic E-state index is -0.826. The Balaban J connectivity index is 0.000000121. The second-order valence-corrected chi connectivity index (χ2v) is 51.3. The number of halogens is 5. The van der Waals surface area contributed by atoms with Crippen LogP contribution in [-0.4, -0.2) is 111 Å². The number of hydrogen-bond acceptors (Lipinski definition) is 28. The van der Waals surface area contributed by atoms with Gasteiger partial charge in [0.1, 0.15) is 21.7 Å². The van der Waals surface area contributed by atoms with Gasteiger partial charge in [-0.3, -0.25) is 50.0 Å². The van der Waals surface area contributed by atoms with Crippen molar-refractivity contribution in [1.82, 2.24) is 50.7 Å². The second kappa shape index (κ2) is 48.7. The van der Waals surface area contributed by atoms with Gasteiger partial charge in [-0.1, -0.05) is 117 Å². The summed E-state index contributed by atoms with van der Waals surface area (Å²) in [7, 11) is 9.87. The number of anilines is 1. The van der Waals surface area contributed by atoms with Gasteiger partial charge in [-0.2, -0.15) is 24.9 Å². The van der Waals surface area contributed by atoms with Crippen LogP contribution < -0.4 is 11.5 Å². The normalized spacial score (nSPS) is 26.7. The Bertz CT molecular complexity index is 6400. The fourth-order valence-corrected chi connectivity index (χ4v) is 30.5. The van der Waals surface area contributed by atoms with E-state index in [4.69, 9.17) is 91.9 Å². The molecule has 5 aromatic heterocycles. The van der Waals surface area contributed by atoms with Crippen LogP contribution in [0.4, 0.5) is 28.4 Å². The van der Waals surface area contributed by atoms with Gasteiger partial charge in [0.15, 0.2) is 29.1 Å². The van der Waals surface area contributed by atoms with E-state index < -0.39 is 34.0 Å². The molecule has 29 rings (SSSR count). The summed E-state index contributed by atoms with van der Waals surface area (Å²) in [5.74, 6) is 17.7. The zero-order valence-electron chi connectivity index (χ0n) is 85.8. The van der Waals surface area contributed by atoms with Crippen LogP contribution in [0.15, 0.2) is 137 Å². The molecular weight excluding hydrogens is 2120 g/mol. The minimum absolute atomic E-state index is 0.0216. The van der Waals surface area contributed by atoms with Gasteiger partial charge in [-0.15, -0.1) is 0 Å². The molecule has 5 heterocycles. The number of aryl methyl sites for hydroxylation is 5. The molecule has 2 radical (unpaired) electrons. The maximum absolute atomic E-state index is 11.7. The number of hydrogen-bond donors (Lipinski definition) is 3. The van der Waals surface area contributed by atoms with Gasteiger partial charge in [0.25, 0.3) is 57.4 Å². The number of nitro benzene ring substituents is 4. The maximum atomic E-state index is 11.7. The first-order valence-corrected chi connectivity index (χ1v) is 61.3. The van der Waals surface area contributed by atoms with E-state index in [1.54, 1.807) is 50.1 Å². The van der Waals surface area contributed by atoms with E-state index in [0.717, 1.165) is 162 Å². The van der Waals surface area contributed by atoms with Gasteiger partial charge in [-0.05, 0) is 428 Å². The summed E-state index contributed by atoms with van der Waals surface area (Å²) in [6, 6.07) is 32.1. The SMILES string of the molecule is C/C(N)=N/O.Cc1noc(-c2ccc(CC34CC5CC(CC(C5)C3)C4)c(CC3CCCCC3)c2)n1.Cc1noc(-c2ccc(CC34CC5CC(CC(C5)C3)C4)c(N)c2)n1.Cc1noc(-c2ccc(CC34CC5CC(CC(C5)C3)C4)c([N+](=O)[O-])c2)n1.Cc1noc(-c2ccc(CC34CC5CC(CC(C5)C3)C4)c([N+](=O)[O-])c2)n1.Cc1noc(-c2ccc(Cl)c([N+](=O)[O-])c2)n1.O=C(Cl)c1ccc(Cl)c([N+](=O)[O-])c1.O=C1CCCCC1.[Cl][Sn][Cl]. The molecule has 0 aliphatic heterocycles. The molecule has 150 heavy (non-hydrogen) atoms. The molecule has 0 saturated heterocycles. The Labute approximate surface area is 904 Å². The number of carbonyl (C=O) groups excluding carboxylic acids is 2. The number of aromatic nitrogens is 10. The van der Waals surface area contributed by atoms with Gasteiger partial charge in [-0.25, -0.2) is 0 Å². The summed E-state index contributed by atoms with van der Waals surface area (Å²) in [5.41, 5.74) is 23.6. The molecule has 6 aromatic carbocycles. The van der Waals surface area contributed by atoms with E-state index in [9.17, 15) is 50.0 Å². The van der Waals surface area contributed by atoms with Gasteiger partial charge in [0.2, 0.25) is 0 Å².